The topological polar surface area (TPSA) is 40.9 Å². The van der Waals surface area contributed by atoms with Crippen molar-refractivity contribution in [3.8, 4) is 6.07 Å². The van der Waals surface area contributed by atoms with Gasteiger partial charge in [-0.05, 0) is 49.2 Å². The molecule has 0 aliphatic heterocycles. The van der Waals surface area contributed by atoms with Crippen molar-refractivity contribution in [2.75, 3.05) is 0 Å². The normalized spacial score (nSPS) is 10.1. The smallest absolute Gasteiger partial charge is 0.159 e. The SMILES string of the molecule is CC(=O)c1ccc(SCc2ccc(C#N)cc2C)cc1. The summed E-state index contributed by atoms with van der Waals surface area (Å²) >= 11 is 1.73. The van der Waals surface area contributed by atoms with Gasteiger partial charge in [-0.15, -0.1) is 11.8 Å². The highest BCUT2D eigenvalue weighted by atomic mass is 32.2. The molecule has 2 aromatic rings. The summed E-state index contributed by atoms with van der Waals surface area (Å²) in [5.74, 6) is 0.946. The van der Waals surface area contributed by atoms with Crippen molar-refractivity contribution in [3.05, 3.63) is 64.7 Å². The molecule has 0 unspecified atom stereocenters. The molecule has 0 heterocycles. The van der Waals surface area contributed by atoms with E-state index in [4.69, 9.17) is 5.26 Å². The Morgan fingerprint density at radius 1 is 1.20 bits per heavy atom. The second-order valence-electron chi connectivity index (χ2n) is 4.62. The lowest BCUT2D eigenvalue weighted by atomic mass is 10.1. The second kappa shape index (κ2) is 6.40. The number of hydrogen-bond donors (Lipinski definition) is 0. The van der Waals surface area contributed by atoms with Crippen LogP contribution in [0.2, 0.25) is 0 Å². The third kappa shape index (κ3) is 3.49. The van der Waals surface area contributed by atoms with E-state index in [1.54, 1.807) is 18.7 Å². The van der Waals surface area contributed by atoms with Gasteiger partial charge in [0.15, 0.2) is 5.78 Å². The fourth-order valence-electron chi connectivity index (χ4n) is 1.87. The van der Waals surface area contributed by atoms with Gasteiger partial charge in [0.1, 0.15) is 0 Å². The molecule has 0 radical (unpaired) electrons. The van der Waals surface area contributed by atoms with Crippen LogP contribution in [0, 0.1) is 18.3 Å². The molecule has 0 saturated carbocycles. The lowest BCUT2D eigenvalue weighted by Crippen LogP contribution is -1.91. The van der Waals surface area contributed by atoms with Crippen LogP contribution in [0.3, 0.4) is 0 Å². The first kappa shape index (κ1) is 14.4. The number of thioether (sulfide) groups is 1. The maximum Gasteiger partial charge on any atom is 0.159 e. The van der Waals surface area contributed by atoms with Gasteiger partial charge < -0.3 is 0 Å². The number of Topliss-reactive ketones (excluding diaryl/α,β-unsaturated/α-hetero) is 1. The summed E-state index contributed by atoms with van der Waals surface area (Å²) in [5.41, 5.74) is 3.80. The highest BCUT2D eigenvalue weighted by Gasteiger charge is 2.03. The summed E-state index contributed by atoms with van der Waals surface area (Å²) in [6.45, 7) is 3.60. The van der Waals surface area contributed by atoms with Gasteiger partial charge in [-0.2, -0.15) is 5.26 Å². The van der Waals surface area contributed by atoms with E-state index < -0.39 is 0 Å². The van der Waals surface area contributed by atoms with E-state index >= 15 is 0 Å². The molecule has 0 aliphatic carbocycles. The lowest BCUT2D eigenvalue weighted by molar-refractivity contribution is 0.101. The standard InChI is InChI=1S/C17H15NOS/c1-12-9-14(10-18)3-4-16(12)11-20-17-7-5-15(6-8-17)13(2)19/h3-9H,11H2,1-2H3. The van der Waals surface area contributed by atoms with Crippen molar-refractivity contribution in [1.82, 2.24) is 0 Å². The first-order valence-corrected chi connectivity index (χ1v) is 7.32. The predicted molar refractivity (Wildman–Crippen MR) is 81.9 cm³/mol. The van der Waals surface area contributed by atoms with Crippen LogP contribution in [0.25, 0.3) is 0 Å². The summed E-state index contributed by atoms with van der Waals surface area (Å²) in [5, 5.41) is 8.85. The second-order valence-corrected chi connectivity index (χ2v) is 5.67. The minimum Gasteiger partial charge on any atom is -0.295 e. The van der Waals surface area contributed by atoms with Gasteiger partial charge >= 0.3 is 0 Å². The van der Waals surface area contributed by atoms with E-state index in [9.17, 15) is 4.79 Å². The molecule has 0 fully saturated rings. The molecule has 100 valence electrons. The Hall–Kier alpha value is -2.05. The van der Waals surface area contributed by atoms with Crippen molar-refractivity contribution >= 4 is 17.5 Å². The molecule has 0 aliphatic rings. The zero-order chi connectivity index (χ0) is 14.5. The fraction of sp³-hybridized carbons (Fsp3) is 0.176. The molecule has 0 aromatic heterocycles. The van der Waals surface area contributed by atoms with Crippen LogP contribution in [-0.4, -0.2) is 5.78 Å². The van der Waals surface area contributed by atoms with Crippen molar-refractivity contribution in [2.24, 2.45) is 0 Å². The molecule has 2 rings (SSSR count). The van der Waals surface area contributed by atoms with Gasteiger partial charge in [0.2, 0.25) is 0 Å². The molecule has 0 N–H and O–H groups in total. The Morgan fingerprint density at radius 2 is 1.90 bits per heavy atom. The zero-order valence-corrected chi connectivity index (χ0v) is 12.3. The molecule has 3 heteroatoms. The molecule has 20 heavy (non-hydrogen) atoms. The van der Waals surface area contributed by atoms with Crippen LogP contribution >= 0.6 is 11.8 Å². The molecule has 0 amide bonds. The number of ketones is 1. The van der Waals surface area contributed by atoms with Gasteiger partial charge in [0.05, 0.1) is 11.6 Å². The fourth-order valence-corrected chi connectivity index (χ4v) is 2.85. The third-order valence-electron chi connectivity index (χ3n) is 3.13. The summed E-state index contributed by atoms with van der Waals surface area (Å²) in [7, 11) is 0. The van der Waals surface area contributed by atoms with Crippen molar-refractivity contribution in [3.63, 3.8) is 0 Å². The maximum absolute atomic E-state index is 11.2. The number of carbonyl (C=O) groups is 1. The number of nitriles is 1. The van der Waals surface area contributed by atoms with Crippen LogP contribution in [0.5, 0.6) is 0 Å². The van der Waals surface area contributed by atoms with Gasteiger partial charge in [-0.25, -0.2) is 0 Å². The Kier molecular flexibility index (Phi) is 4.60. The predicted octanol–water partition coefficient (Wildman–Crippen LogP) is 4.36. The highest BCUT2D eigenvalue weighted by molar-refractivity contribution is 7.98. The lowest BCUT2D eigenvalue weighted by Gasteiger charge is -2.06. The molecule has 0 saturated heterocycles. The Morgan fingerprint density at radius 3 is 2.45 bits per heavy atom. The van der Waals surface area contributed by atoms with Crippen molar-refractivity contribution < 1.29 is 4.79 Å². The monoisotopic (exact) mass is 281 g/mol. The average Bonchev–Trinajstić information content (AvgIpc) is 2.46. The van der Waals surface area contributed by atoms with Crippen LogP contribution in [0.15, 0.2) is 47.4 Å². The Balaban J connectivity index is 2.05. The minimum absolute atomic E-state index is 0.0875. The number of hydrogen-bond acceptors (Lipinski definition) is 3. The van der Waals surface area contributed by atoms with Crippen LogP contribution in [0.1, 0.15) is 34.0 Å². The van der Waals surface area contributed by atoms with Gasteiger partial charge in [0.25, 0.3) is 0 Å². The van der Waals surface area contributed by atoms with Gasteiger partial charge in [-0.1, -0.05) is 18.2 Å². The molecular weight excluding hydrogens is 266 g/mol. The summed E-state index contributed by atoms with van der Waals surface area (Å²) in [6, 6.07) is 15.6. The molecule has 2 aromatic carbocycles. The highest BCUT2D eigenvalue weighted by Crippen LogP contribution is 2.25. The average molecular weight is 281 g/mol. The van der Waals surface area contributed by atoms with Gasteiger partial charge in [-0.3, -0.25) is 4.79 Å². The third-order valence-corrected chi connectivity index (χ3v) is 4.19. The number of benzene rings is 2. The van der Waals surface area contributed by atoms with Crippen LogP contribution < -0.4 is 0 Å². The van der Waals surface area contributed by atoms with E-state index in [1.165, 1.54) is 5.56 Å². The van der Waals surface area contributed by atoms with E-state index in [0.29, 0.717) is 5.56 Å². The first-order valence-electron chi connectivity index (χ1n) is 6.33. The number of nitrogens with zero attached hydrogens (tertiary/aromatic N) is 1. The quantitative estimate of drug-likeness (QED) is 0.617. The number of aryl methyl sites for hydroxylation is 1. The van der Waals surface area contributed by atoms with E-state index in [0.717, 1.165) is 21.8 Å². The van der Waals surface area contributed by atoms with Crippen LogP contribution in [-0.2, 0) is 5.75 Å². The van der Waals surface area contributed by atoms with Gasteiger partial charge in [0, 0.05) is 16.2 Å². The minimum atomic E-state index is 0.0875. The van der Waals surface area contributed by atoms with Crippen molar-refractivity contribution in [2.45, 2.75) is 24.5 Å². The zero-order valence-electron chi connectivity index (χ0n) is 11.5. The number of carbonyl (C=O) groups excluding carboxylic acids is 1. The van der Waals surface area contributed by atoms with Crippen molar-refractivity contribution in [1.29, 1.82) is 5.26 Å². The summed E-state index contributed by atoms with van der Waals surface area (Å²) < 4.78 is 0. The van der Waals surface area contributed by atoms with E-state index in [-0.39, 0.29) is 5.78 Å². The summed E-state index contributed by atoms with van der Waals surface area (Å²) in [4.78, 5) is 12.3. The number of rotatable bonds is 4. The molecule has 0 bridgehead atoms. The Labute approximate surface area is 123 Å². The Bertz CT molecular complexity index is 668. The van der Waals surface area contributed by atoms with Crippen LogP contribution in [0.4, 0.5) is 0 Å². The largest absolute Gasteiger partial charge is 0.295 e. The summed E-state index contributed by atoms with van der Waals surface area (Å²) in [6.07, 6.45) is 0. The molecule has 0 atom stereocenters. The molecule has 0 spiro atoms. The molecular formula is C17H15NOS. The maximum atomic E-state index is 11.2. The first-order chi connectivity index (χ1) is 9.60. The molecule has 2 nitrogen and oxygen atoms in total. The van der Waals surface area contributed by atoms with E-state index in [2.05, 4.69) is 6.07 Å². The van der Waals surface area contributed by atoms with E-state index in [1.807, 2.05) is 49.4 Å².